The van der Waals surface area contributed by atoms with E-state index in [2.05, 4.69) is 20.7 Å². The lowest BCUT2D eigenvalue weighted by atomic mass is 10.2. The van der Waals surface area contributed by atoms with E-state index in [4.69, 9.17) is 4.74 Å². The molecule has 0 saturated heterocycles. The fourth-order valence-electron chi connectivity index (χ4n) is 1.70. The van der Waals surface area contributed by atoms with Gasteiger partial charge in [-0.25, -0.2) is 13.1 Å². The minimum absolute atomic E-state index is 0.219. The summed E-state index contributed by atoms with van der Waals surface area (Å²) >= 11 is 3.31. The number of hydrogen-bond acceptors (Lipinski definition) is 3. The molecule has 0 aliphatic carbocycles. The van der Waals surface area contributed by atoms with E-state index in [0.717, 1.165) is 16.5 Å². The first-order chi connectivity index (χ1) is 7.54. The van der Waals surface area contributed by atoms with Gasteiger partial charge in [0.1, 0.15) is 10.6 Å². The molecule has 1 heterocycles. The number of nitrogens with one attached hydrogen (secondary N) is 1. The zero-order chi connectivity index (χ0) is 11.8. The maximum absolute atomic E-state index is 11.9. The Morgan fingerprint density at radius 1 is 1.50 bits per heavy atom. The number of benzene rings is 1. The first-order valence-electron chi connectivity index (χ1n) is 4.99. The van der Waals surface area contributed by atoms with Gasteiger partial charge in [-0.05, 0) is 12.1 Å². The number of sulfonamides is 1. The number of rotatable bonds is 3. The molecule has 2 rings (SSSR count). The van der Waals surface area contributed by atoms with Crippen LogP contribution in [0.15, 0.2) is 21.5 Å². The van der Waals surface area contributed by atoms with Crippen molar-refractivity contribution in [3.05, 3.63) is 22.2 Å². The second-order valence-electron chi connectivity index (χ2n) is 3.49. The van der Waals surface area contributed by atoms with Crippen molar-refractivity contribution in [2.45, 2.75) is 18.2 Å². The fourth-order valence-corrected chi connectivity index (χ4v) is 3.61. The van der Waals surface area contributed by atoms with E-state index in [1.807, 2.05) is 6.07 Å². The predicted molar refractivity (Wildman–Crippen MR) is 64.2 cm³/mol. The van der Waals surface area contributed by atoms with Crippen LogP contribution in [0.2, 0.25) is 0 Å². The van der Waals surface area contributed by atoms with Crippen LogP contribution in [0.25, 0.3) is 0 Å². The van der Waals surface area contributed by atoms with Crippen molar-refractivity contribution < 1.29 is 13.2 Å². The van der Waals surface area contributed by atoms with Crippen LogP contribution in [0.3, 0.4) is 0 Å². The van der Waals surface area contributed by atoms with E-state index in [9.17, 15) is 8.42 Å². The van der Waals surface area contributed by atoms with Crippen molar-refractivity contribution in [1.82, 2.24) is 4.72 Å². The van der Waals surface area contributed by atoms with Crippen LogP contribution in [-0.2, 0) is 16.4 Å². The van der Waals surface area contributed by atoms with Crippen LogP contribution in [0.5, 0.6) is 5.75 Å². The fraction of sp³-hybridized carbons (Fsp3) is 0.400. The zero-order valence-corrected chi connectivity index (χ0v) is 11.2. The van der Waals surface area contributed by atoms with Gasteiger partial charge in [0.05, 0.1) is 6.61 Å². The maximum atomic E-state index is 11.9. The van der Waals surface area contributed by atoms with Crippen molar-refractivity contribution in [1.29, 1.82) is 0 Å². The lowest BCUT2D eigenvalue weighted by Gasteiger charge is -2.09. The van der Waals surface area contributed by atoms with Crippen LogP contribution in [0.1, 0.15) is 12.5 Å². The Kier molecular flexibility index (Phi) is 3.23. The van der Waals surface area contributed by atoms with Crippen molar-refractivity contribution >= 4 is 26.0 Å². The number of ether oxygens (including phenoxy) is 1. The molecule has 1 aromatic rings. The van der Waals surface area contributed by atoms with E-state index >= 15 is 0 Å². The highest BCUT2D eigenvalue weighted by atomic mass is 79.9. The highest BCUT2D eigenvalue weighted by Crippen LogP contribution is 2.35. The first-order valence-corrected chi connectivity index (χ1v) is 7.27. The molecular formula is C10H12BrNO3S. The van der Waals surface area contributed by atoms with Crippen molar-refractivity contribution in [3.8, 4) is 5.75 Å². The summed E-state index contributed by atoms with van der Waals surface area (Å²) in [7, 11) is -3.46. The molecule has 0 spiro atoms. The van der Waals surface area contributed by atoms with Gasteiger partial charge in [0, 0.05) is 23.0 Å². The van der Waals surface area contributed by atoms with Gasteiger partial charge in [0.15, 0.2) is 0 Å². The summed E-state index contributed by atoms with van der Waals surface area (Å²) in [5.74, 6) is 0.490. The van der Waals surface area contributed by atoms with Gasteiger partial charge in [-0.3, -0.25) is 0 Å². The van der Waals surface area contributed by atoms with Crippen LogP contribution in [0.4, 0.5) is 0 Å². The van der Waals surface area contributed by atoms with Crippen molar-refractivity contribution in [2.24, 2.45) is 0 Å². The third-order valence-electron chi connectivity index (χ3n) is 2.34. The highest BCUT2D eigenvalue weighted by Gasteiger charge is 2.25. The second-order valence-corrected chi connectivity index (χ2v) is 6.14. The molecule has 0 bridgehead atoms. The number of fused-ring (bicyclic) bond motifs is 1. The molecule has 1 N–H and O–H groups in total. The van der Waals surface area contributed by atoms with Crippen LogP contribution in [0, 0.1) is 0 Å². The Balaban J connectivity index is 2.57. The van der Waals surface area contributed by atoms with Gasteiger partial charge in [-0.15, -0.1) is 0 Å². The average molecular weight is 306 g/mol. The Bertz CT molecular complexity index is 513. The van der Waals surface area contributed by atoms with Gasteiger partial charge < -0.3 is 4.74 Å². The summed E-state index contributed by atoms with van der Waals surface area (Å²) in [4.78, 5) is 0.219. The molecule has 0 aromatic heterocycles. The molecule has 0 fully saturated rings. The maximum Gasteiger partial charge on any atom is 0.244 e. The van der Waals surface area contributed by atoms with Gasteiger partial charge in [-0.2, -0.15) is 0 Å². The molecule has 0 saturated carbocycles. The summed E-state index contributed by atoms with van der Waals surface area (Å²) in [6.07, 6.45) is 0.753. The molecular weight excluding hydrogens is 294 g/mol. The van der Waals surface area contributed by atoms with Gasteiger partial charge in [0.25, 0.3) is 0 Å². The summed E-state index contributed by atoms with van der Waals surface area (Å²) in [6, 6.07) is 3.47. The minimum atomic E-state index is -3.46. The highest BCUT2D eigenvalue weighted by molar-refractivity contribution is 9.10. The van der Waals surface area contributed by atoms with Gasteiger partial charge >= 0.3 is 0 Å². The Morgan fingerprint density at radius 3 is 2.94 bits per heavy atom. The number of halogens is 1. The minimum Gasteiger partial charge on any atom is -0.492 e. The molecule has 0 atom stereocenters. The standard InChI is InChI=1S/C10H12BrNO3S/c1-2-12-16(13,14)9-6-8(11)5-7-3-4-15-10(7)9/h5-6,12H,2-4H2,1H3. The molecule has 4 nitrogen and oxygen atoms in total. The third kappa shape index (κ3) is 2.09. The van der Waals surface area contributed by atoms with E-state index in [1.165, 1.54) is 0 Å². The molecule has 0 amide bonds. The smallest absolute Gasteiger partial charge is 0.244 e. The zero-order valence-electron chi connectivity index (χ0n) is 8.79. The molecule has 1 aliphatic rings. The Hall–Kier alpha value is -0.590. The van der Waals surface area contributed by atoms with Crippen LogP contribution < -0.4 is 9.46 Å². The second kappa shape index (κ2) is 4.35. The molecule has 0 unspecified atom stereocenters. The lowest BCUT2D eigenvalue weighted by Crippen LogP contribution is -2.23. The molecule has 1 aromatic carbocycles. The summed E-state index contributed by atoms with van der Waals surface area (Å²) < 4.78 is 32.5. The van der Waals surface area contributed by atoms with Gasteiger partial charge in [-0.1, -0.05) is 22.9 Å². The molecule has 6 heteroatoms. The SMILES string of the molecule is CCNS(=O)(=O)c1cc(Br)cc2c1OCC2. The third-order valence-corrected chi connectivity index (χ3v) is 4.35. The van der Waals surface area contributed by atoms with E-state index in [-0.39, 0.29) is 4.90 Å². The summed E-state index contributed by atoms with van der Waals surface area (Å²) in [5, 5.41) is 0. The quantitative estimate of drug-likeness (QED) is 0.924. The first kappa shape index (κ1) is 11.9. The van der Waals surface area contributed by atoms with Crippen LogP contribution in [-0.4, -0.2) is 21.6 Å². The molecule has 1 aliphatic heterocycles. The number of hydrogen-bond donors (Lipinski definition) is 1. The Morgan fingerprint density at radius 2 is 2.25 bits per heavy atom. The van der Waals surface area contributed by atoms with Crippen LogP contribution >= 0.6 is 15.9 Å². The van der Waals surface area contributed by atoms with Crippen molar-refractivity contribution in [3.63, 3.8) is 0 Å². The summed E-state index contributed by atoms with van der Waals surface area (Å²) in [5.41, 5.74) is 0.936. The largest absolute Gasteiger partial charge is 0.492 e. The Labute approximate surface area is 103 Å². The topological polar surface area (TPSA) is 55.4 Å². The monoisotopic (exact) mass is 305 g/mol. The van der Waals surface area contributed by atoms with E-state index in [0.29, 0.717) is 18.9 Å². The normalized spacial score (nSPS) is 14.6. The van der Waals surface area contributed by atoms with Crippen molar-refractivity contribution in [2.75, 3.05) is 13.2 Å². The average Bonchev–Trinajstić information content (AvgIpc) is 2.63. The predicted octanol–water partition coefficient (Wildman–Crippen LogP) is 1.68. The van der Waals surface area contributed by atoms with Gasteiger partial charge in [0.2, 0.25) is 10.0 Å². The van der Waals surface area contributed by atoms with E-state index < -0.39 is 10.0 Å². The molecule has 0 radical (unpaired) electrons. The summed E-state index contributed by atoms with van der Waals surface area (Å²) in [6.45, 7) is 2.65. The molecule has 16 heavy (non-hydrogen) atoms. The lowest BCUT2D eigenvalue weighted by molar-refractivity contribution is 0.348. The molecule has 88 valence electrons. The van der Waals surface area contributed by atoms with E-state index in [1.54, 1.807) is 13.0 Å².